The van der Waals surface area contributed by atoms with E-state index in [1.807, 2.05) is 11.9 Å². The van der Waals surface area contributed by atoms with E-state index in [4.69, 9.17) is 16.3 Å². The highest BCUT2D eigenvalue weighted by atomic mass is 35.5. The molecule has 0 radical (unpaired) electrons. The van der Waals surface area contributed by atoms with Gasteiger partial charge in [-0.15, -0.1) is 11.6 Å². The van der Waals surface area contributed by atoms with Gasteiger partial charge in [-0.1, -0.05) is 6.08 Å². The molecule has 1 aliphatic carbocycles. The zero-order chi connectivity index (χ0) is 27.0. The van der Waals surface area contributed by atoms with Gasteiger partial charge in [0.05, 0.1) is 11.5 Å². The molecular weight excluding hydrogens is 513 g/mol. The minimum absolute atomic E-state index is 0.0139. The Balaban J connectivity index is 1.72. The average Bonchev–Trinajstić information content (AvgIpc) is 2.85. The summed E-state index contributed by atoms with van der Waals surface area (Å²) in [5.74, 6) is -2.12. The van der Waals surface area contributed by atoms with Gasteiger partial charge in [0, 0.05) is 55.6 Å². The number of halogens is 4. The van der Waals surface area contributed by atoms with Gasteiger partial charge in [-0.3, -0.25) is 14.9 Å². The number of hydrogen-bond acceptors (Lipinski definition) is 6. The first-order valence-corrected chi connectivity index (χ1v) is 12.5. The van der Waals surface area contributed by atoms with E-state index in [0.717, 1.165) is 38.1 Å². The Morgan fingerprint density at radius 2 is 1.95 bits per heavy atom. The van der Waals surface area contributed by atoms with Crippen LogP contribution in [0.5, 0.6) is 5.75 Å². The summed E-state index contributed by atoms with van der Waals surface area (Å²) in [5.41, 5.74) is -0.426. The van der Waals surface area contributed by atoms with Crippen LogP contribution in [0.1, 0.15) is 29.6 Å². The lowest BCUT2D eigenvalue weighted by atomic mass is 9.92. The molecule has 0 bridgehead atoms. The van der Waals surface area contributed by atoms with Crippen molar-refractivity contribution in [3.05, 3.63) is 69.6 Å². The standard InChI is InChI=1S/C25H30ClF3N4O4/c1-31-10-12-32(13-11-31)17-19-5-7-20(16-21(19)25(27,28)29)30-24(34)18-6-8-23(22(15-18)33(35)36)37-14-4-2-3-9-26/h5-8,15-17,21H,2-4,9-14H2,1H3,(H,30,34). The van der Waals surface area contributed by atoms with E-state index in [2.05, 4.69) is 10.2 Å². The Labute approximate surface area is 218 Å². The first-order valence-electron chi connectivity index (χ1n) is 12.0. The normalized spacial score (nSPS) is 19.6. The molecule has 3 rings (SSSR count). The third kappa shape index (κ3) is 8.22. The monoisotopic (exact) mass is 542 g/mol. The number of allylic oxidation sites excluding steroid dienone is 4. The first-order chi connectivity index (χ1) is 17.6. The fraction of sp³-hybridized carbons (Fsp3) is 0.480. The topological polar surface area (TPSA) is 88.0 Å². The number of rotatable bonds is 10. The molecule has 0 spiro atoms. The van der Waals surface area contributed by atoms with Gasteiger partial charge in [-0.25, -0.2) is 0 Å². The summed E-state index contributed by atoms with van der Waals surface area (Å²) >= 11 is 5.62. The van der Waals surface area contributed by atoms with Crippen molar-refractivity contribution in [1.29, 1.82) is 0 Å². The Kier molecular flexibility index (Phi) is 9.99. The van der Waals surface area contributed by atoms with Crippen molar-refractivity contribution in [2.45, 2.75) is 25.4 Å². The largest absolute Gasteiger partial charge is 0.487 e. The number of unbranched alkanes of at least 4 members (excludes halogenated alkanes) is 2. The van der Waals surface area contributed by atoms with E-state index in [0.29, 0.717) is 25.4 Å². The molecule has 1 aliphatic heterocycles. The third-order valence-electron chi connectivity index (χ3n) is 6.09. The van der Waals surface area contributed by atoms with Gasteiger partial charge in [-0.2, -0.15) is 13.2 Å². The zero-order valence-corrected chi connectivity index (χ0v) is 21.2. The lowest BCUT2D eigenvalue weighted by Crippen LogP contribution is -2.42. The number of nitro benzene ring substituents is 1. The molecule has 37 heavy (non-hydrogen) atoms. The maximum absolute atomic E-state index is 13.8. The Bertz CT molecular complexity index is 1070. The molecule has 2 aliphatic rings. The number of carbonyl (C=O) groups is 1. The highest BCUT2D eigenvalue weighted by Crippen LogP contribution is 2.37. The summed E-state index contributed by atoms with van der Waals surface area (Å²) in [7, 11) is 1.96. The molecule has 1 atom stereocenters. The van der Waals surface area contributed by atoms with Crippen molar-refractivity contribution in [3.8, 4) is 5.75 Å². The number of nitrogens with zero attached hydrogens (tertiary/aromatic N) is 3. The number of likely N-dealkylation sites (N-methyl/N-ethyl adjacent to an activating group) is 1. The number of alkyl halides is 4. The van der Waals surface area contributed by atoms with Crippen molar-refractivity contribution < 1.29 is 27.6 Å². The summed E-state index contributed by atoms with van der Waals surface area (Å²) in [6, 6.07) is 3.70. The number of piperazine rings is 1. The van der Waals surface area contributed by atoms with E-state index in [1.165, 1.54) is 30.5 Å². The fourth-order valence-electron chi connectivity index (χ4n) is 3.96. The number of carbonyl (C=O) groups excluding carboxylic acids is 1. The minimum atomic E-state index is -4.55. The number of amides is 1. The second kappa shape index (κ2) is 13.0. The SMILES string of the molecule is CN1CCN(C=C2C=CC(NC(=O)c3ccc(OCCCCCCl)c([N+](=O)[O-])c3)=CC2C(F)(F)F)CC1. The van der Waals surface area contributed by atoms with E-state index in [1.54, 1.807) is 0 Å². The summed E-state index contributed by atoms with van der Waals surface area (Å²) in [5, 5.41) is 13.9. The van der Waals surface area contributed by atoms with Crippen LogP contribution in [0.3, 0.4) is 0 Å². The van der Waals surface area contributed by atoms with Crippen LogP contribution in [0.2, 0.25) is 0 Å². The highest BCUT2D eigenvalue weighted by molar-refractivity contribution is 6.17. The van der Waals surface area contributed by atoms with Crippen molar-refractivity contribution >= 4 is 23.2 Å². The maximum atomic E-state index is 13.8. The van der Waals surface area contributed by atoms with Crippen LogP contribution >= 0.6 is 11.6 Å². The smallest absolute Gasteiger partial charge is 0.399 e. The number of benzene rings is 1. The van der Waals surface area contributed by atoms with Crippen molar-refractivity contribution in [2.75, 3.05) is 45.7 Å². The molecule has 1 saturated heterocycles. The van der Waals surface area contributed by atoms with Gasteiger partial charge in [0.15, 0.2) is 5.75 Å². The van der Waals surface area contributed by atoms with Crippen LogP contribution in [0, 0.1) is 16.0 Å². The van der Waals surface area contributed by atoms with E-state index in [-0.39, 0.29) is 29.2 Å². The van der Waals surface area contributed by atoms with Crippen LogP contribution in [0.25, 0.3) is 0 Å². The third-order valence-corrected chi connectivity index (χ3v) is 6.36. The average molecular weight is 543 g/mol. The van der Waals surface area contributed by atoms with Crippen LogP contribution < -0.4 is 10.1 Å². The van der Waals surface area contributed by atoms with Gasteiger partial charge < -0.3 is 19.9 Å². The fourth-order valence-corrected chi connectivity index (χ4v) is 4.14. The Morgan fingerprint density at radius 1 is 1.22 bits per heavy atom. The first kappa shape index (κ1) is 28.5. The predicted molar refractivity (Wildman–Crippen MR) is 135 cm³/mol. The number of hydrogen-bond donors (Lipinski definition) is 1. The minimum Gasteiger partial charge on any atom is -0.487 e. The molecule has 1 aromatic rings. The van der Waals surface area contributed by atoms with Crippen LogP contribution in [-0.2, 0) is 0 Å². The van der Waals surface area contributed by atoms with Gasteiger partial charge in [0.25, 0.3) is 5.91 Å². The molecule has 1 N–H and O–H groups in total. The molecule has 1 fully saturated rings. The summed E-state index contributed by atoms with van der Waals surface area (Å²) in [6.07, 6.45) is 2.94. The Morgan fingerprint density at radius 3 is 2.59 bits per heavy atom. The predicted octanol–water partition coefficient (Wildman–Crippen LogP) is 4.88. The second-order valence-electron chi connectivity index (χ2n) is 8.93. The molecule has 202 valence electrons. The molecule has 1 heterocycles. The van der Waals surface area contributed by atoms with E-state index >= 15 is 0 Å². The van der Waals surface area contributed by atoms with Gasteiger partial charge in [0.2, 0.25) is 0 Å². The summed E-state index contributed by atoms with van der Waals surface area (Å²) in [4.78, 5) is 27.5. The van der Waals surface area contributed by atoms with Crippen LogP contribution in [0.4, 0.5) is 18.9 Å². The molecule has 0 aromatic heterocycles. The van der Waals surface area contributed by atoms with Crippen molar-refractivity contribution in [2.24, 2.45) is 5.92 Å². The zero-order valence-electron chi connectivity index (χ0n) is 20.5. The quantitative estimate of drug-likeness (QED) is 0.196. The molecule has 0 saturated carbocycles. The lowest BCUT2D eigenvalue weighted by Gasteiger charge is -2.33. The molecule has 8 nitrogen and oxygen atoms in total. The highest BCUT2D eigenvalue weighted by Gasteiger charge is 2.41. The van der Waals surface area contributed by atoms with Crippen LogP contribution in [-0.4, -0.2) is 72.5 Å². The number of nitro groups is 1. The molecular formula is C25H30ClF3N4O4. The lowest BCUT2D eigenvalue weighted by molar-refractivity contribution is -0.385. The van der Waals surface area contributed by atoms with Crippen molar-refractivity contribution in [3.63, 3.8) is 0 Å². The maximum Gasteiger partial charge on any atom is 0.399 e. The van der Waals surface area contributed by atoms with E-state index < -0.39 is 28.6 Å². The summed E-state index contributed by atoms with van der Waals surface area (Å²) in [6.45, 7) is 3.01. The molecule has 1 unspecified atom stereocenters. The Hall–Kier alpha value is -3.05. The van der Waals surface area contributed by atoms with Crippen LogP contribution in [0.15, 0.2) is 53.9 Å². The molecule has 12 heteroatoms. The van der Waals surface area contributed by atoms with Gasteiger partial charge in [-0.05, 0) is 56.2 Å². The van der Waals surface area contributed by atoms with E-state index in [9.17, 15) is 28.1 Å². The summed E-state index contributed by atoms with van der Waals surface area (Å²) < 4.78 is 47.0. The molecule has 1 aromatic carbocycles. The number of nitrogens with one attached hydrogen (secondary N) is 1. The van der Waals surface area contributed by atoms with Crippen molar-refractivity contribution in [1.82, 2.24) is 15.1 Å². The van der Waals surface area contributed by atoms with Gasteiger partial charge >= 0.3 is 11.9 Å². The number of ether oxygens (including phenoxy) is 1. The van der Waals surface area contributed by atoms with Gasteiger partial charge in [0.1, 0.15) is 5.92 Å². The second-order valence-corrected chi connectivity index (χ2v) is 9.31. The molecule has 1 amide bonds.